The lowest BCUT2D eigenvalue weighted by Crippen LogP contribution is -2.34. The molecule has 2 aromatic heterocycles. The Kier molecular flexibility index (Phi) is 6.90. The van der Waals surface area contributed by atoms with E-state index in [2.05, 4.69) is 22.1 Å². The van der Waals surface area contributed by atoms with Crippen LogP contribution in [0.25, 0.3) is 0 Å². The first-order valence-corrected chi connectivity index (χ1v) is 11.8. The monoisotopic (exact) mass is 465 g/mol. The largest absolute Gasteiger partial charge is 0.391 e. The number of Topliss-reactive ketones (excluding diaryl/α,β-unsaturated/α-hetero) is 1. The molecule has 0 unspecified atom stereocenters. The molecule has 1 saturated heterocycles. The topological polar surface area (TPSA) is 101 Å². The summed E-state index contributed by atoms with van der Waals surface area (Å²) in [5.41, 5.74) is 2.65. The zero-order valence-corrected chi connectivity index (χ0v) is 19.7. The number of amides is 1. The van der Waals surface area contributed by atoms with Crippen molar-refractivity contribution < 1.29 is 14.7 Å². The van der Waals surface area contributed by atoms with E-state index in [0.29, 0.717) is 18.5 Å². The van der Waals surface area contributed by atoms with Crippen LogP contribution < -0.4 is 0 Å². The van der Waals surface area contributed by atoms with E-state index in [9.17, 15) is 14.7 Å². The van der Waals surface area contributed by atoms with E-state index in [1.807, 2.05) is 42.8 Å². The summed E-state index contributed by atoms with van der Waals surface area (Å²) in [4.78, 5) is 31.7. The molecule has 1 aromatic carbocycles. The molecule has 3 heterocycles. The lowest BCUT2D eigenvalue weighted by atomic mass is 10.0. The molecule has 0 bridgehead atoms. The van der Waals surface area contributed by atoms with Crippen LogP contribution in [0.1, 0.15) is 57.5 Å². The molecule has 0 saturated carbocycles. The molecule has 1 fully saturated rings. The van der Waals surface area contributed by atoms with Gasteiger partial charge in [-0.05, 0) is 43.5 Å². The Labute approximate surface area is 197 Å². The Morgan fingerprint density at radius 1 is 1.27 bits per heavy atom. The number of nitrogens with zero attached hydrogens (tertiary/aromatic N) is 5. The van der Waals surface area contributed by atoms with Crippen molar-refractivity contribution in [3.05, 3.63) is 71.3 Å². The Bertz CT molecular complexity index is 1160. The second-order valence-corrected chi connectivity index (χ2v) is 9.76. The van der Waals surface area contributed by atoms with Gasteiger partial charge < -0.3 is 14.6 Å². The SMILES string of the molecule is C[C@H](Sc1nncn1C)c1cccc(CC(=O)c2cc(C(=O)N3C[C@H](O)C[C@@H]3C)ccn2)c1. The number of pyridine rings is 1. The van der Waals surface area contributed by atoms with Crippen molar-refractivity contribution >= 4 is 23.5 Å². The number of rotatable bonds is 7. The third kappa shape index (κ3) is 5.31. The first-order chi connectivity index (χ1) is 15.8. The van der Waals surface area contributed by atoms with E-state index in [0.717, 1.165) is 16.3 Å². The molecule has 4 rings (SSSR count). The average Bonchev–Trinajstić information content (AvgIpc) is 3.37. The number of aliphatic hydroxyl groups is 1. The van der Waals surface area contributed by atoms with E-state index in [-0.39, 0.29) is 35.1 Å². The Balaban J connectivity index is 1.45. The van der Waals surface area contributed by atoms with Gasteiger partial charge in [0.2, 0.25) is 0 Å². The average molecular weight is 466 g/mol. The smallest absolute Gasteiger partial charge is 0.254 e. The normalized spacial score (nSPS) is 19.0. The highest BCUT2D eigenvalue weighted by atomic mass is 32.2. The van der Waals surface area contributed by atoms with Crippen LogP contribution in [0.5, 0.6) is 0 Å². The number of benzene rings is 1. The molecule has 33 heavy (non-hydrogen) atoms. The highest BCUT2D eigenvalue weighted by molar-refractivity contribution is 7.99. The quantitative estimate of drug-likeness (QED) is 0.423. The van der Waals surface area contributed by atoms with Crippen molar-refractivity contribution in [2.75, 3.05) is 6.54 Å². The van der Waals surface area contributed by atoms with Gasteiger partial charge in [0, 0.05) is 43.1 Å². The molecule has 0 aliphatic carbocycles. The molecule has 1 N–H and O–H groups in total. The fraction of sp³-hybridized carbons (Fsp3) is 0.375. The zero-order valence-electron chi connectivity index (χ0n) is 18.9. The van der Waals surface area contributed by atoms with Crippen molar-refractivity contribution in [3.8, 4) is 0 Å². The Morgan fingerprint density at radius 3 is 2.79 bits per heavy atom. The molecule has 3 aromatic rings. The summed E-state index contributed by atoms with van der Waals surface area (Å²) in [6.45, 7) is 4.31. The van der Waals surface area contributed by atoms with E-state index in [1.165, 1.54) is 6.20 Å². The van der Waals surface area contributed by atoms with Gasteiger partial charge in [-0.15, -0.1) is 10.2 Å². The zero-order chi connectivity index (χ0) is 23.5. The summed E-state index contributed by atoms with van der Waals surface area (Å²) in [6.07, 6.45) is 3.41. The van der Waals surface area contributed by atoms with Crippen LogP contribution >= 0.6 is 11.8 Å². The highest BCUT2D eigenvalue weighted by Crippen LogP contribution is 2.33. The number of carbonyl (C=O) groups excluding carboxylic acids is 2. The fourth-order valence-corrected chi connectivity index (χ4v) is 4.91. The van der Waals surface area contributed by atoms with Gasteiger partial charge in [-0.1, -0.05) is 36.0 Å². The van der Waals surface area contributed by atoms with E-state index in [1.54, 1.807) is 35.1 Å². The lowest BCUT2D eigenvalue weighted by molar-refractivity contribution is 0.0726. The fourth-order valence-electron chi connectivity index (χ4n) is 4.00. The summed E-state index contributed by atoms with van der Waals surface area (Å²) in [7, 11) is 1.91. The number of likely N-dealkylation sites (tertiary alicyclic amines) is 1. The molecule has 8 nitrogen and oxygen atoms in total. The first-order valence-electron chi connectivity index (χ1n) is 10.9. The standard InChI is InChI=1S/C24H27N5O3S/c1-15-9-20(30)13-29(15)23(32)19-7-8-25-21(12-19)22(31)11-17-5-4-6-18(10-17)16(2)33-24-27-26-14-28(24)3/h4-8,10,12,14-16,20,30H,9,11,13H2,1-3H3/t15-,16-,20+/m0/s1. The van der Waals surface area contributed by atoms with Crippen LogP contribution in [0, 0.1) is 0 Å². The number of hydrogen-bond donors (Lipinski definition) is 1. The second-order valence-electron chi connectivity index (χ2n) is 8.46. The van der Waals surface area contributed by atoms with Crippen molar-refractivity contribution in [2.45, 2.75) is 49.2 Å². The van der Waals surface area contributed by atoms with E-state index < -0.39 is 6.10 Å². The number of aromatic nitrogens is 4. The first kappa shape index (κ1) is 23.1. The molecule has 0 radical (unpaired) electrons. The number of aliphatic hydroxyl groups excluding tert-OH is 1. The van der Waals surface area contributed by atoms with Crippen molar-refractivity contribution in [1.29, 1.82) is 0 Å². The third-order valence-corrected chi connectivity index (χ3v) is 7.05. The number of hydrogen-bond acceptors (Lipinski definition) is 7. The van der Waals surface area contributed by atoms with E-state index >= 15 is 0 Å². The van der Waals surface area contributed by atoms with Crippen molar-refractivity contribution in [3.63, 3.8) is 0 Å². The maximum absolute atomic E-state index is 13.0. The van der Waals surface area contributed by atoms with Gasteiger partial charge in [-0.25, -0.2) is 0 Å². The van der Waals surface area contributed by atoms with Gasteiger partial charge in [0.05, 0.1) is 6.10 Å². The molecule has 1 aliphatic rings. The number of β-amino-alcohol motifs (C(OH)–C–C–N with tert-alkyl or cyclic N) is 1. The maximum Gasteiger partial charge on any atom is 0.254 e. The molecule has 9 heteroatoms. The Morgan fingerprint density at radius 2 is 2.09 bits per heavy atom. The summed E-state index contributed by atoms with van der Waals surface area (Å²) >= 11 is 1.60. The molecule has 3 atom stereocenters. The summed E-state index contributed by atoms with van der Waals surface area (Å²) in [5.74, 6) is -0.336. The van der Waals surface area contributed by atoms with E-state index in [4.69, 9.17) is 0 Å². The van der Waals surface area contributed by atoms with Crippen molar-refractivity contribution in [1.82, 2.24) is 24.6 Å². The van der Waals surface area contributed by atoms with Crippen LogP contribution in [0.2, 0.25) is 0 Å². The van der Waals surface area contributed by atoms with Gasteiger partial charge in [0.25, 0.3) is 5.91 Å². The van der Waals surface area contributed by atoms with Crippen LogP contribution in [0.4, 0.5) is 0 Å². The number of ketones is 1. The van der Waals surface area contributed by atoms with Crippen LogP contribution in [0.15, 0.2) is 54.1 Å². The predicted octanol–water partition coefficient (Wildman–Crippen LogP) is 3.08. The summed E-state index contributed by atoms with van der Waals surface area (Å²) in [6, 6.07) is 11.0. The van der Waals surface area contributed by atoms with Gasteiger partial charge >= 0.3 is 0 Å². The van der Waals surface area contributed by atoms with Gasteiger partial charge in [-0.3, -0.25) is 14.6 Å². The minimum atomic E-state index is -0.506. The molecule has 1 amide bonds. The predicted molar refractivity (Wildman–Crippen MR) is 125 cm³/mol. The number of carbonyl (C=O) groups is 2. The summed E-state index contributed by atoms with van der Waals surface area (Å²) < 4.78 is 1.87. The molecule has 172 valence electrons. The molecular formula is C24H27N5O3S. The Hall–Kier alpha value is -3.04. The lowest BCUT2D eigenvalue weighted by Gasteiger charge is -2.21. The molecule has 0 spiro atoms. The summed E-state index contributed by atoms with van der Waals surface area (Å²) in [5, 5.41) is 18.8. The third-order valence-electron chi connectivity index (χ3n) is 5.84. The molecule has 1 aliphatic heterocycles. The van der Waals surface area contributed by atoms with Crippen molar-refractivity contribution in [2.24, 2.45) is 7.05 Å². The maximum atomic E-state index is 13.0. The van der Waals surface area contributed by atoms with Crippen LogP contribution in [0.3, 0.4) is 0 Å². The van der Waals surface area contributed by atoms with Crippen LogP contribution in [-0.4, -0.2) is 60.1 Å². The van der Waals surface area contributed by atoms with Gasteiger partial charge in [-0.2, -0.15) is 0 Å². The van der Waals surface area contributed by atoms with Gasteiger partial charge in [0.1, 0.15) is 12.0 Å². The highest BCUT2D eigenvalue weighted by Gasteiger charge is 2.32. The minimum absolute atomic E-state index is 0.0380. The second kappa shape index (κ2) is 9.84. The van der Waals surface area contributed by atoms with Crippen LogP contribution in [-0.2, 0) is 13.5 Å². The number of aryl methyl sites for hydroxylation is 1. The van der Waals surface area contributed by atoms with Gasteiger partial charge in [0.15, 0.2) is 10.9 Å². The molecular weight excluding hydrogens is 438 g/mol. The number of thioether (sulfide) groups is 1. The minimum Gasteiger partial charge on any atom is -0.391 e.